The SMILES string of the molecule is COc1cccc(-c2ccnc(Nc3ccccc3OC)n2)c1. The van der Waals surface area contributed by atoms with Gasteiger partial charge in [0.2, 0.25) is 5.95 Å². The molecule has 0 saturated heterocycles. The number of hydrogen-bond acceptors (Lipinski definition) is 5. The van der Waals surface area contributed by atoms with Crippen molar-refractivity contribution in [3.05, 3.63) is 60.8 Å². The minimum absolute atomic E-state index is 0.509. The predicted octanol–water partition coefficient (Wildman–Crippen LogP) is 3.90. The van der Waals surface area contributed by atoms with Crippen molar-refractivity contribution >= 4 is 11.6 Å². The zero-order valence-electron chi connectivity index (χ0n) is 13.0. The number of nitrogens with zero attached hydrogens (tertiary/aromatic N) is 2. The molecule has 1 aromatic heterocycles. The zero-order chi connectivity index (χ0) is 16.1. The minimum Gasteiger partial charge on any atom is -0.497 e. The standard InChI is InChI=1S/C18H17N3O2/c1-22-14-7-5-6-13(12-14)15-10-11-19-18(20-15)21-16-8-3-4-9-17(16)23-2/h3-12H,1-2H3,(H,19,20,21). The normalized spacial score (nSPS) is 10.2. The number of rotatable bonds is 5. The number of aromatic nitrogens is 2. The van der Waals surface area contributed by atoms with E-state index in [0.717, 1.165) is 28.4 Å². The maximum atomic E-state index is 5.33. The molecule has 0 spiro atoms. The first-order valence-corrected chi connectivity index (χ1v) is 7.17. The lowest BCUT2D eigenvalue weighted by molar-refractivity contribution is 0.415. The molecule has 5 nitrogen and oxygen atoms in total. The smallest absolute Gasteiger partial charge is 0.227 e. The van der Waals surface area contributed by atoms with Gasteiger partial charge in [0.05, 0.1) is 25.6 Å². The van der Waals surface area contributed by atoms with Crippen LogP contribution in [0.3, 0.4) is 0 Å². The van der Waals surface area contributed by atoms with Crippen LogP contribution in [0.15, 0.2) is 60.8 Å². The topological polar surface area (TPSA) is 56.3 Å². The molecule has 0 aliphatic carbocycles. The Morgan fingerprint density at radius 3 is 2.61 bits per heavy atom. The second-order valence-electron chi connectivity index (χ2n) is 4.82. The number of anilines is 2. The number of methoxy groups -OCH3 is 2. The van der Waals surface area contributed by atoms with E-state index in [0.29, 0.717) is 5.95 Å². The third-order valence-corrected chi connectivity index (χ3v) is 3.37. The number of ether oxygens (including phenoxy) is 2. The molecular formula is C18H17N3O2. The van der Waals surface area contributed by atoms with Crippen molar-refractivity contribution in [3.8, 4) is 22.8 Å². The molecule has 2 aromatic carbocycles. The van der Waals surface area contributed by atoms with Crippen LogP contribution < -0.4 is 14.8 Å². The first kappa shape index (κ1) is 14.8. The number of hydrogen-bond donors (Lipinski definition) is 1. The Bertz CT molecular complexity index is 806. The highest BCUT2D eigenvalue weighted by Gasteiger charge is 2.06. The molecule has 3 aromatic rings. The second kappa shape index (κ2) is 6.79. The van der Waals surface area contributed by atoms with Crippen molar-refractivity contribution in [2.45, 2.75) is 0 Å². The molecule has 0 radical (unpaired) electrons. The maximum absolute atomic E-state index is 5.33. The van der Waals surface area contributed by atoms with E-state index in [9.17, 15) is 0 Å². The quantitative estimate of drug-likeness (QED) is 0.774. The summed E-state index contributed by atoms with van der Waals surface area (Å²) in [6.45, 7) is 0. The summed E-state index contributed by atoms with van der Waals surface area (Å²) in [7, 11) is 3.28. The Balaban J connectivity index is 1.90. The molecule has 3 rings (SSSR count). The molecule has 23 heavy (non-hydrogen) atoms. The summed E-state index contributed by atoms with van der Waals surface area (Å²) < 4.78 is 10.6. The maximum Gasteiger partial charge on any atom is 0.227 e. The van der Waals surface area contributed by atoms with E-state index in [4.69, 9.17) is 9.47 Å². The van der Waals surface area contributed by atoms with Crippen LogP contribution >= 0.6 is 0 Å². The van der Waals surface area contributed by atoms with Crippen molar-refractivity contribution in [1.29, 1.82) is 0 Å². The summed E-state index contributed by atoms with van der Waals surface area (Å²) >= 11 is 0. The summed E-state index contributed by atoms with van der Waals surface area (Å²) in [6.07, 6.45) is 1.72. The molecule has 0 bridgehead atoms. The summed E-state index contributed by atoms with van der Waals surface area (Å²) in [4.78, 5) is 8.82. The zero-order valence-corrected chi connectivity index (χ0v) is 13.0. The van der Waals surface area contributed by atoms with Gasteiger partial charge in [-0.25, -0.2) is 9.97 Å². The molecule has 0 atom stereocenters. The summed E-state index contributed by atoms with van der Waals surface area (Å²) in [5, 5.41) is 3.18. The minimum atomic E-state index is 0.509. The molecule has 0 fully saturated rings. The van der Waals surface area contributed by atoms with E-state index in [1.807, 2.05) is 54.6 Å². The lowest BCUT2D eigenvalue weighted by Crippen LogP contribution is -1.99. The van der Waals surface area contributed by atoms with E-state index in [2.05, 4.69) is 15.3 Å². The third-order valence-electron chi connectivity index (χ3n) is 3.37. The Kier molecular flexibility index (Phi) is 4.38. The largest absolute Gasteiger partial charge is 0.497 e. The van der Waals surface area contributed by atoms with Crippen LogP contribution in [-0.4, -0.2) is 24.2 Å². The molecule has 116 valence electrons. The van der Waals surface area contributed by atoms with E-state index in [1.165, 1.54) is 0 Å². The van der Waals surface area contributed by atoms with E-state index in [1.54, 1.807) is 20.4 Å². The first-order valence-electron chi connectivity index (χ1n) is 7.17. The van der Waals surface area contributed by atoms with Crippen LogP contribution in [0.1, 0.15) is 0 Å². The van der Waals surface area contributed by atoms with Gasteiger partial charge in [0, 0.05) is 11.8 Å². The highest BCUT2D eigenvalue weighted by molar-refractivity contribution is 5.66. The van der Waals surface area contributed by atoms with Crippen LogP contribution in [0.25, 0.3) is 11.3 Å². The monoisotopic (exact) mass is 307 g/mol. The van der Waals surface area contributed by atoms with Crippen LogP contribution in [0.4, 0.5) is 11.6 Å². The van der Waals surface area contributed by atoms with E-state index >= 15 is 0 Å². The highest BCUT2D eigenvalue weighted by Crippen LogP contribution is 2.27. The van der Waals surface area contributed by atoms with Gasteiger partial charge < -0.3 is 14.8 Å². The molecule has 5 heteroatoms. The summed E-state index contributed by atoms with van der Waals surface area (Å²) in [5.74, 6) is 2.04. The lowest BCUT2D eigenvalue weighted by atomic mass is 10.1. The molecular weight excluding hydrogens is 290 g/mol. The molecule has 0 amide bonds. The van der Waals surface area contributed by atoms with Crippen molar-refractivity contribution in [3.63, 3.8) is 0 Å². The van der Waals surface area contributed by atoms with Crippen LogP contribution in [0.2, 0.25) is 0 Å². The Hall–Kier alpha value is -3.08. The molecule has 0 aliphatic rings. The third kappa shape index (κ3) is 3.40. The Labute approximate surface area is 134 Å². The van der Waals surface area contributed by atoms with Crippen molar-refractivity contribution in [1.82, 2.24) is 9.97 Å². The van der Waals surface area contributed by atoms with Crippen molar-refractivity contribution in [2.24, 2.45) is 0 Å². The Morgan fingerprint density at radius 2 is 1.78 bits per heavy atom. The number of nitrogens with one attached hydrogen (secondary N) is 1. The van der Waals surface area contributed by atoms with Crippen LogP contribution in [0, 0.1) is 0 Å². The van der Waals surface area contributed by atoms with Crippen molar-refractivity contribution in [2.75, 3.05) is 19.5 Å². The second-order valence-corrected chi connectivity index (χ2v) is 4.82. The lowest BCUT2D eigenvalue weighted by Gasteiger charge is -2.10. The van der Waals surface area contributed by atoms with E-state index in [-0.39, 0.29) is 0 Å². The van der Waals surface area contributed by atoms with Gasteiger partial charge in [-0.3, -0.25) is 0 Å². The fourth-order valence-electron chi connectivity index (χ4n) is 2.23. The molecule has 1 heterocycles. The summed E-state index contributed by atoms with van der Waals surface area (Å²) in [6, 6.07) is 17.3. The van der Waals surface area contributed by atoms with Gasteiger partial charge in [0.1, 0.15) is 11.5 Å². The first-order chi connectivity index (χ1) is 11.3. The highest BCUT2D eigenvalue weighted by atomic mass is 16.5. The number of benzene rings is 2. The summed E-state index contributed by atoms with van der Waals surface area (Å²) in [5.41, 5.74) is 2.60. The Morgan fingerprint density at radius 1 is 0.913 bits per heavy atom. The van der Waals surface area contributed by atoms with Crippen LogP contribution in [-0.2, 0) is 0 Å². The van der Waals surface area contributed by atoms with Gasteiger partial charge in [-0.05, 0) is 30.3 Å². The van der Waals surface area contributed by atoms with Gasteiger partial charge in [-0.15, -0.1) is 0 Å². The predicted molar refractivity (Wildman–Crippen MR) is 90.3 cm³/mol. The molecule has 0 unspecified atom stereocenters. The molecule has 0 saturated carbocycles. The van der Waals surface area contributed by atoms with Gasteiger partial charge in [-0.2, -0.15) is 0 Å². The van der Waals surface area contributed by atoms with E-state index < -0.39 is 0 Å². The van der Waals surface area contributed by atoms with Gasteiger partial charge >= 0.3 is 0 Å². The van der Waals surface area contributed by atoms with Gasteiger partial charge in [0.15, 0.2) is 0 Å². The van der Waals surface area contributed by atoms with Crippen LogP contribution in [0.5, 0.6) is 11.5 Å². The average molecular weight is 307 g/mol. The average Bonchev–Trinajstić information content (AvgIpc) is 2.62. The molecule has 0 aliphatic heterocycles. The molecule has 1 N–H and O–H groups in total. The fraction of sp³-hybridized carbons (Fsp3) is 0.111. The van der Waals surface area contributed by atoms with Gasteiger partial charge in [0.25, 0.3) is 0 Å². The van der Waals surface area contributed by atoms with Crippen molar-refractivity contribution < 1.29 is 9.47 Å². The van der Waals surface area contributed by atoms with Gasteiger partial charge in [-0.1, -0.05) is 24.3 Å². The number of para-hydroxylation sites is 2. The fourth-order valence-corrected chi connectivity index (χ4v) is 2.23.